The van der Waals surface area contributed by atoms with Crippen molar-refractivity contribution in [3.05, 3.63) is 53.5 Å². The molecule has 1 atom stereocenters. The number of rotatable bonds is 9. The number of nitrogens with zero attached hydrogens (tertiary/aromatic N) is 7. The fraction of sp³-hybridized carbons (Fsp3) is 0.360. The van der Waals surface area contributed by atoms with Crippen LogP contribution in [0.15, 0.2) is 36.9 Å². The largest absolute Gasteiger partial charge is 0.474 e. The molecule has 0 amide bonds. The maximum absolute atomic E-state index is 10.2. The van der Waals surface area contributed by atoms with Gasteiger partial charge in [0.25, 0.3) is 0 Å². The zero-order valence-electron chi connectivity index (χ0n) is 21.4. The molecule has 0 aliphatic rings. The van der Waals surface area contributed by atoms with Crippen LogP contribution in [-0.2, 0) is 12.6 Å². The molecule has 0 saturated carbocycles. The Kier molecular flexibility index (Phi) is 7.55. The summed E-state index contributed by atoms with van der Waals surface area (Å²) in [6, 6.07) is 3.38. The van der Waals surface area contributed by atoms with E-state index in [0.29, 0.717) is 52.6 Å². The van der Waals surface area contributed by atoms with Crippen LogP contribution in [0.2, 0.25) is 5.15 Å². The van der Waals surface area contributed by atoms with E-state index in [9.17, 15) is 5.11 Å². The van der Waals surface area contributed by atoms with Crippen LogP contribution in [0.4, 0.5) is 11.5 Å². The Bertz CT molecular complexity index is 1380. The highest BCUT2D eigenvalue weighted by atomic mass is 35.5. The number of halogens is 1. The first-order valence-corrected chi connectivity index (χ1v) is 12.1. The average Bonchev–Trinajstić information content (AvgIpc) is 3.11. The van der Waals surface area contributed by atoms with Gasteiger partial charge in [-0.3, -0.25) is 9.97 Å². The Morgan fingerprint density at radius 3 is 2.65 bits per heavy atom. The van der Waals surface area contributed by atoms with Crippen LogP contribution >= 0.6 is 11.6 Å². The van der Waals surface area contributed by atoms with Crippen LogP contribution in [0, 0.1) is 6.92 Å². The summed E-state index contributed by atoms with van der Waals surface area (Å²) in [5.74, 6) is 1.42. The van der Waals surface area contributed by atoms with Gasteiger partial charge < -0.3 is 20.9 Å². The molecule has 11 nitrogen and oxygen atoms in total. The molecule has 0 saturated heterocycles. The summed E-state index contributed by atoms with van der Waals surface area (Å²) in [5, 5.41) is 18.4. The van der Waals surface area contributed by atoms with E-state index in [2.05, 4.69) is 35.3 Å². The second kappa shape index (κ2) is 10.7. The van der Waals surface area contributed by atoms with Crippen molar-refractivity contribution in [2.45, 2.75) is 45.8 Å². The van der Waals surface area contributed by atoms with Gasteiger partial charge in [-0.1, -0.05) is 11.6 Å². The lowest BCUT2D eigenvalue weighted by Crippen LogP contribution is -2.19. The predicted molar refractivity (Wildman–Crippen MR) is 142 cm³/mol. The molecule has 0 bridgehead atoms. The highest BCUT2D eigenvalue weighted by Gasteiger charge is 2.22. The second-order valence-corrected chi connectivity index (χ2v) is 9.62. The number of aliphatic hydroxyl groups is 1. The summed E-state index contributed by atoms with van der Waals surface area (Å²) < 4.78 is 7.95. The second-order valence-electron chi connectivity index (χ2n) is 9.24. The van der Waals surface area contributed by atoms with E-state index in [1.54, 1.807) is 55.4 Å². The number of nitrogen functional groups attached to an aromatic ring is 1. The molecule has 4 aromatic heterocycles. The van der Waals surface area contributed by atoms with Gasteiger partial charge in [-0.15, -0.1) is 0 Å². The van der Waals surface area contributed by atoms with Crippen molar-refractivity contribution in [2.75, 3.05) is 17.6 Å². The number of aryl methyl sites for hydroxylation is 2. The summed E-state index contributed by atoms with van der Waals surface area (Å²) in [6.45, 7) is 7.77. The number of hydrogen-bond acceptors (Lipinski definition) is 10. The van der Waals surface area contributed by atoms with Crippen LogP contribution in [0.5, 0.6) is 5.88 Å². The number of hydrogen-bond donors (Lipinski definition) is 3. The standard InChI is InChI=1S/C25H30ClN9O2/c1-14(37-24-22(15(2)34-35(24)5)23-29-9-7-21(27)33-23)6-8-28-17-10-20(26)32-11-16(17)18-12-31-19(13-30-18)25(3,4)36/h7,9-14,36H,6,8H2,1-5H3,(H,28,32)(H2,27,29,33)/t14-/m0/s1. The quantitative estimate of drug-likeness (QED) is 0.276. The molecule has 4 aromatic rings. The molecule has 37 heavy (non-hydrogen) atoms. The number of anilines is 2. The highest BCUT2D eigenvalue weighted by molar-refractivity contribution is 6.29. The van der Waals surface area contributed by atoms with Crippen molar-refractivity contribution < 1.29 is 9.84 Å². The molecule has 4 rings (SSSR count). The molecular formula is C25H30ClN9O2. The molecule has 0 aliphatic carbocycles. The predicted octanol–water partition coefficient (Wildman–Crippen LogP) is 3.77. The number of aromatic nitrogens is 7. The summed E-state index contributed by atoms with van der Waals surface area (Å²) in [4.78, 5) is 21.7. The molecule has 4 N–H and O–H groups in total. The van der Waals surface area contributed by atoms with Crippen LogP contribution in [0.3, 0.4) is 0 Å². The molecule has 0 fully saturated rings. The monoisotopic (exact) mass is 523 g/mol. The minimum Gasteiger partial charge on any atom is -0.474 e. The van der Waals surface area contributed by atoms with Crippen LogP contribution in [0.25, 0.3) is 22.6 Å². The summed E-state index contributed by atoms with van der Waals surface area (Å²) in [5.41, 5.74) is 8.85. The van der Waals surface area contributed by atoms with Crippen molar-refractivity contribution in [2.24, 2.45) is 7.05 Å². The normalized spacial score (nSPS) is 12.4. The van der Waals surface area contributed by atoms with E-state index in [0.717, 1.165) is 16.9 Å². The number of ether oxygens (including phenoxy) is 1. The van der Waals surface area contributed by atoms with Gasteiger partial charge in [-0.05, 0) is 39.8 Å². The van der Waals surface area contributed by atoms with Gasteiger partial charge in [0, 0.05) is 43.7 Å². The van der Waals surface area contributed by atoms with E-state index in [1.165, 1.54) is 0 Å². The average molecular weight is 524 g/mol. The first kappa shape index (κ1) is 26.2. The van der Waals surface area contributed by atoms with E-state index in [-0.39, 0.29) is 6.10 Å². The molecule has 194 valence electrons. The van der Waals surface area contributed by atoms with E-state index in [1.807, 2.05) is 20.9 Å². The lowest BCUT2D eigenvalue weighted by molar-refractivity contribution is 0.0734. The lowest BCUT2D eigenvalue weighted by Gasteiger charge is -2.18. The molecule has 4 heterocycles. The van der Waals surface area contributed by atoms with Gasteiger partial charge >= 0.3 is 0 Å². The van der Waals surface area contributed by atoms with Gasteiger partial charge in [-0.2, -0.15) is 5.10 Å². The third kappa shape index (κ3) is 6.12. The van der Waals surface area contributed by atoms with Gasteiger partial charge in [0.2, 0.25) is 5.88 Å². The molecule has 12 heteroatoms. The van der Waals surface area contributed by atoms with Gasteiger partial charge in [-0.25, -0.2) is 19.6 Å². The number of nitrogens with one attached hydrogen (secondary N) is 1. The van der Waals surface area contributed by atoms with Crippen molar-refractivity contribution in [3.8, 4) is 28.5 Å². The lowest BCUT2D eigenvalue weighted by atomic mass is 10.1. The Morgan fingerprint density at radius 1 is 1.19 bits per heavy atom. The van der Waals surface area contributed by atoms with Crippen LogP contribution in [-0.4, -0.2) is 52.5 Å². The van der Waals surface area contributed by atoms with Gasteiger partial charge in [0.05, 0.1) is 35.6 Å². The van der Waals surface area contributed by atoms with Crippen LogP contribution in [0.1, 0.15) is 38.6 Å². The van der Waals surface area contributed by atoms with Crippen molar-refractivity contribution in [3.63, 3.8) is 0 Å². The summed E-state index contributed by atoms with van der Waals surface area (Å²) >= 11 is 6.17. The Labute approximate surface area is 220 Å². The summed E-state index contributed by atoms with van der Waals surface area (Å²) in [6.07, 6.45) is 6.94. The van der Waals surface area contributed by atoms with Crippen molar-refractivity contribution in [1.29, 1.82) is 0 Å². The smallest absolute Gasteiger partial charge is 0.223 e. The first-order valence-electron chi connectivity index (χ1n) is 11.8. The summed E-state index contributed by atoms with van der Waals surface area (Å²) in [7, 11) is 1.82. The minimum atomic E-state index is -1.08. The molecule has 0 unspecified atom stereocenters. The maximum Gasteiger partial charge on any atom is 0.223 e. The minimum absolute atomic E-state index is 0.159. The Morgan fingerprint density at radius 2 is 1.97 bits per heavy atom. The zero-order valence-corrected chi connectivity index (χ0v) is 22.2. The molecule has 0 aromatic carbocycles. The topological polar surface area (TPSA) is 150 Å². The third-order valence-electron chi connectivity index (χ3n) is 5.67. The highest BCUT2D eigenvalue weighted by Crippen LogP contribution is 2.32. The van der Waals surface area contributed by atoms with Crippen LogP contribution < -0.4 is 15.8 Å². The van der Waals surface area contributed by atoms with Gasteiger partial charge in [0.1, 0.15) is 22.1 Å². The molecule has 0 aliphatic heterocycles. The Balaban J connectivity index is 1.46. The SMILES string of the molecule is Cc1nn(C)c(O[C@@H](C)CCNc2cc(Cl)ncc2-c2cnc(C(C)(C)O)cn2)c1-c1nccc(N)n1. The maximum atomic E-state index is 10.2. The third-order valence-corrected chi connectivity index (χ3v) is 5.88. The van der Waals surface area contributed by atoms with Crippen molar-refractivity contribution in [1.82, 2.24) is 34.7 Å². The van der Waals surface area contributed by atoms with Gasteiger partial charge in [0.15, 0.2) is 5.82 Å². The Hall–Kier alpha value is -3.83. The first-order chi connectivity index (χ1) is 17.5. The van der Waals surface area contributed by atoms with E-state index >= 15 is 0 Å². The molecule has 0 radical (unpaired) electrons. The van der Waals surface area contributed by atoms with E-state index in [4.69, 9.17) is 22.1 Å². The number of nitrogens with two attached hydrogens (primary N) is 1. The van der Waals surface area contributed by atoms with E-state index < -0.39 is 5.60 Å². The number of pyridine rings is 1. The zero-order chi connectivity index (χ0) is 26.7. The fourth-order valence-corrected chi connectivity index (χ4v) is 3.90. The fourth-order valence-electron chi connectivity index (χ4n) is 3.75. The molecular weight excluding hydrogens is 494 g/mol. The van der Waals surface area contributed by atoms with Crippen molar-refractivity contribution >= 4 is 23.1 Å². The molecule has 0 spiro atoms.